The number of hydrogen-bond acceptors (Lipinski definition) is 7. The number of H-pyrrole nitrogens is 1. The molecule has 2 fully saturated rings. The molecule has 1 aliphatic carbocycles. The van der Waals surface area contributed by atoms with Gasteiger partial charge in [-0.2, -0.15) is 5.10 Å². The lowest BCUT2D eigenvalue weighted by atomic mass is 9.67. The number of ether oxygens (including phenoxy) is 2. The number of hydrogen-bond donors (Lipinski definition) is 2. The first-order valence-electron chi connectivity index (χ1n) is 8.24. The first-order valence-corrected chi connectivity index (χ1v) is 9.23. The van der Waals surface area contributed by atoms with E-state index in [9.17, 15) is 4.79 Å². The summed E-state index contributed by atoms with van der Waals surface area (Å²) in [6, 6.07) is 3.60. The molecule has 8 nitrogen and oxygen atoms in total. The third kappa shape index (κ3) is 3.31. The van der Waals surface area contributed by atoms with E-state index < -0.39 is 0 Å². The Kier molecular flexibility index (Phi) is 4.78. The number of rotatable bonds is 7. The number of amides is 1. The zero-order chi connectivity index (χ0) is 17.2. The molecule has 2 aromatic rings. The van der Waals surface area contributed by atoms with Crippen LogP contribution in [0, 0.1) is 11.8 Å². The van der Waals surface area contributed by atoms with E-state index in [0.29, 0.717) is 29.2 Å². The summed E-state index contributed by atoms with van der Waals surface area (Å²) in [6.45, 7) is 1.34. The smallest absolute Gasteiger partial charge is 0.287 e. The molecular formula is C16H20N4O4S. The summed E-state index contributed by atoms with van der Waals surface area (Å²) in [4.78, 5) is 16.6. The van der Waals surface area contributed by atoms with Crippen LogP contribution < -0.4 is 5.32 Å². The number of aromatic amines is 1. The fourth-order valence-electron chi connectivity index (χ4n) is 3.64. The third-order valence-corrected chi connectivity index (χ3v) is 5.71. The number of furan rings is 1. The van der Waals surface area contributed by atoms with Gasteiger partial charge in [-0.25, -0.2) is 4.98 Å². The predicted molar refractivity (Wildman–Crippen MR) is 89.1 cm³/mol. The van der Waals surface area contributed by atoms with Crippen molar-refractivity contribution in [2.24, 2.45) is 11.8 Å². The SMILES string of the molecule is COC[C@H]1[C@@H](NC(=O)c2ccc(CSc3ncn[nH]3)o2)[C@@H]2CCO[C@@H]21. The molecule has 1 aliphatic heterocycles. The van der Waals surface area contributed by atoms with Crippen LogP contribution in [0.5, 0.6) is 0 Å². The van der Waals surface area contributed by atoms with Crippen LogP contribution in [0.2, 0.25) is 0 Å². The molecule has 25 heavy (non-hydrogen) atoms. The second-order valence-corrected chi connectivity index (χ2v) is 7.22. The highest BCUT2D eigenvalue weighted by Gasteiger charge is 2.54. The molecule has 1 saturated heterocycles. The zero-order valence-electron chi connectivity index (χ0n) is 13.8. The van der Waals surface area contributed by atoms with Crippen molar-refractivity contribution in [1.29, 1.82) is 0 Å². The van der Waals surface area contributed by atoms with Crippen LogP contribution in [0.15, 0.2) is 28.0 Å². The number of methoxy groups -OCH3 is 1. The molecule has 0 spiro atoms. The zero-order valence-corrected chi connectivity index (χ0v) is 14.6. The summed E-state index contributed by atoms with van der Waals surface area (Å²) in [5.74, 6) is 2.02. The van der Waals surface area contributed by atoms with Gasteiger partial charge < -0.3 is 19.2 Å². The van der Waals surface area contributed by atoms with Crippen molar-refractivity contribution in [1.82, 2.24) is 20.5 Å². The molecule has 1 saturated carbocycles. The summed E-state index contributed by atoms with van der Waals surface area (Å²) in [7, 11) is 1.67. The van der Waals surface area contributed by atoms with Gasteiger partial charge in [-0.15, -0.1) is 0 Å². The van der Waals surface area contributed by atoms with Crippen molar-refractivity contribution in [2.75, 3.05) is 20.3 Å². The van der Waals surface area contributed by atoms with E-state index in [-0.39, 0.29) is 24.0 Å². The number of aromatic nitrogens is 3. The summed E-state index contributed by atoms with van der Waals surface area (Å²) in [5, 5.41) is 10.4. The fourth-order valence-corrected chi connectivity index (χ4v) is 4.31. The minimum absolute atomic E-state index is 0.0806. The second-order valence-electron chi connectivity index (χ2n) is 6.25. The van der Waals surface area contributed by atoms with E-state index in [1.54, 1.807) is 13.2 Å². The van der Waals surface area contributed by atoms with Gasteiger partial charge in [0.1, 0.15) is 12.1 Å². The van der Waals surface area contributed by atoms with Crippen LogP contribution in [0.1, 0.15) is 22.7 Å². The topological polar surface area (TPSA) is 102 Å². The van der Waals surface area contributed by atoms with Gasteiger partial charge in [0.15, 0.2) is 10.9 Å². The van der Waals surface area contributed by atoms with Gasteiger partial charge in [-0.1, -0.05) is 11.8 Å². The Morgan fingerprint density at radius 3 is 3.24 bits per heavy atom. The van der Waals surface area contributed by atoms with Gasteiger partial charge in [0, 0.05) is 31.6 Å². The summed E-state index contributed by atoms with van der Waals surface area (Å²) < 4.78 is 16.7. The molecule has 4 atom stereocenters. The van der Waals surface area contributed by atoms with Crippen LogP contribution in [-0.2, 0) is 15.2 Å². The Morgan fingerprint density at radius 1 is 1.52 bits per heavy atom. The maximum Gasteiger partial charge on any atom is 0.287 e. The molecule has 0 unspecified atom stereocenters. The lowest BCUT2D eigenvalue weighted by Gasteiger charge is -2.47. The number of thioether (sulfide) groups is 1. The fraction of sp³-hybridized carbons (Fsp3) is 0.562. The van der Waals surface area contributed by atoms with Crippen LogP contribution in [0.25, 0.3) is 0 Å². The number of nitrogens with one attached hydrogen (secondary N) is 2. The minimum atomic E-state index is -0.188. The van der Waals surface area contributed by atoms with Crippen molar-refractivity contribution < 1.29 is 18.7 Å². The number of carbonyl (C=O) groups excluding carboxylic acids is 1. The lowest BCUT2D eigenvalue weighted by Crippen LogP contribution is -2.62. The standard InChI is InChI=1S/C16H20N4O4S/c1-22-6-11-13(10-4-5-23-14(10)11)19-15(21)12-3-2-9(24-12)7-25-16-17-8-18-20-16/h2-3,8,10-11,13-14H,4-7H2,1H3,(H,19,21)(H,17,18,20)/t10-,11-,13-,14-/m0/s1. The number of carbonyl (C=O) groups is 1. The Bertz CT molecular complexity index is 720. The van der Waals surface area contributed by atoms with Gasteiger partial charge in [-0.3, -0.25) is 9.89 Å². The maximum absolute atomic E-state index is 12.5. The Hall–Kier alpha value is -1.84. The van der Waals surface area contributed by atoms with Crippen LogP contribution in [0.3, 0.4) is 0 Å². The largest absolute Gasteiger partial charge is 0.455 e. The van der Waals surface area contributed by atoms with E-state index in [0.717, 1.165) is 18.8 Å². The normalized spacial score (nSPS) is 27.7. The highest BCUT2D eigenvalue weighted by molar-refractivity contribution is 7.98. The van der Waals surface area contributed by atoms with Gasteiger partial charge in [-0.05, 0) is 18.6 Å². The van der Waals surface area contributed by atoms with E-state index >= 15 is 0 Å². The average Bonchev–Trinajstić information content (AvgIpc) is 3.36. The van der Waals surface area contributed by atoms with Crippen molar-refractivity contribution in [2.45, 2.75) is 29.5 Å². The van der Waals surface area contributed by atoms with Crippen molar-refractivity contribution in [3.05, 3.63) is 30.0 Å². The monoisotopic (exact) mass is 364 g/mol. The van der Waals surface area contributed by atoms with Crippen molar-refractivity contribution in [3.8, 4) is 0 Å². The molecule has 3 heterocycles. The van der Waals surface area contributed by atoms with Crippen LogP contribution in [0.4, 0.5) is 0 Å². The molecule has 2 N–H and O–H groups in total. The third-order valence-electron chi connectivity index (χ3n) is 4.81. The van der Waals surface area contributed by atoms with Crippen LogP contribution in [-0.4, -0.2) is 53.6 Å². The van der Waals surface area contributed by atoms with Gasteiger partial charge in [0.2, 0.25) is 0 Å². The molecule has 2 aromatic heterocycles. The Labute approximate surface area is 149 Å². The summed E-state index contributed by atoms with van der Waals surface area (Å²) >= 11 is 1.47. The van der Waals surface area contributed by atoms with E-state index in [2.05, 4.69) is 20.5 Å². The molecular weight excluding hydrogens is 344 g/mol. The highest BCUT2D eigenvalue weighted by Crippen LogP contribution is 2.43. The predicted octanol–water partition coefficient (Wildman–Crippen LogP) is 1.47. The van der Waals surface area contributed by atoms with E-state index in [1.165, 1.54) is 18.1 Å². The van der Waals surface area contributed by atoms with E-state index in [1.807, 2.05) is 6.07 Å². The molecule has 4 rings (SSSR count). The highest BCUT2D eigenvalue weighted by atomic mass is 32.2. The van der Waals surface area contributed by atoms with Crippen LogP contribution >= 0.6 is 11.8 Å². The molecule has 1 amide bonds. The molecule has 9 heteroatoms. The maximum atomic E-state index is 12.5. The first-order chi connectivity index (χ1) is 12.3. The number of fused-ring (bicyclic) bond motifs is 1. The molecule has 2 aliphatic rings. The first kappa shape index (κ1) is 16.6. The molecule has 0 bridgehead atoms. The van der Waals surface area contributed by atoms with Crippen molar-refractivity contribution >= 4 is 17.7 Å². The Morgan fingerprint density at radius 2 is 2.44 bits per heavy atom. The van der Waals surface area contributed by atoms with Crippen molar-refractivity contribution in [3.63, 3.8) is 0 Å². The summed E-state index contributed by atoms with van der Waals surface area (Å²) in [6.07, 6.45) is 2.64. The average molecular weight is 364 g/mol. The summed E-state index contributed by atoms with van der Waals surface area (Å²) in [5.41, 5.74) is 0. The molecule has 134 valence electrons. The van der Waals surface area contributed by atoms with Gasteiger partial charge >= 0.3 is 0 Å². The minimum Gasteiger partial charge on any atom is -0.455 e. The Balaban J connectivity index is 1.35. The molecule has 0 radical (unpaired) electrons. The second kappa shape index (κ2) is 7.19. The number of nitrogens with zero attached hydrogens (tertiary/aromatic N) is 2. The quantitative estimate of drug-likeness (QED) is 0.717. The molecule has 0 aromatic carbocycles. The van der Waals surface area contributed by atoms with E-state index in [4.69, 9.17) is 13.9 Å². The lowest BCUT2D eigenvalue weighted by molar-refractivity contribution is -0.0811. The van der Waals surface area contributed by atoms with Gasteiger partial charge in [0.05, 0.1) is 18.5 Å². The van der Waals surface area contributed by atoms with Gasteiger partial charge in [0.25, 0.3) is 5.91 Å².